The van der Waals surface area contributed by atoms with Gasteiger partial charge in [0.15, 0.2) is 0 Å². The van der Waals surface area contributed by atoms with Crippen molar-refractivity contribution in [3.63, 3.8) is 0 Å². The molecule has 0 atom stereocenters. The molecule has 2 N–H and O–H groups in total. The standard InChI is InChI=1S/C21H22ClN3O.ClH/c1-15-5-9-17(10-6-15)20-24-21(26-25-20)18(4-2-3-13-23)14-16-7-11-19(22)12-8-16;/h5-12,14H,2-4,13,23H2,1H3;1H/b18-14+;. The quantitative estimate of drug-likeness (QED) is 0.506. The monoisotopic (exact) mass is 403 g/mol. The van der Waals surface area contributed by atoms with Gasteiger partial charge in [0, 0.05) is 16.2 Å². The maximum atomic E-state index is 5.97. The number of hydrogen-bond donors (Lipinski definition) is 1. The summed E-state index contributed by atoms with van der Waals surface area (Å²) in [7, 11) is 0. The van der Waals surface area contributed by atoms with Gasteiger partial charge in [-0.1, -0.05) is 58.7 Å². The van der Waals surface area contributed by atoms with Gasteiger partial charge in [0.2, 0.25) is 5.82 Å². The molecular weight excluding hydrogens is 381 g/mol. The van der Waals surface area contributed by atoms with Gasteiger partial charge >= 0.3 is 0 Å². The van der Waals surface area contributed by atoms with Crippen LogP contribution in [-0.2, 0) is 0 Å². The summed E-state index contributed by atoms with van der Waals surface area (Å²) < 4.78 is 5.55. The SMILES string of the molecule is Cc1ccc(-c2noc(/C(=C/c3ccc(Cl)cc3)CCCCN)n2)cc1.Cl. The molecule has 27 heavy (non-hydrogen) atoms. The number of benzene rings is 2. The molecule has 3 rings (SSSR count). The molecule has 142 valence electrons. The van der Waals surface area contributed by atoms with Crippen molar-refractivity contribution in [2.45, 2.75) is 26.2 Å². The van der Waals surface area contributed by atoms with Crippen LogP contribution < -0.4 is 5.73 Å². The van der Waals surface area contributed by atoms with Crippen LogP contribution in [0.15, 0.2) is 53.1 Å². The van der Waals surface area contributed by atoms with Crippen molar-refractivity contribution >= 4 is 35.7 Å². The first-order valence-electron chi connectivity index (χ1n) is 8.73. The van der Waals surface area contributed by atoms with Crippen molar-refractivity contribution in [3.8, 4) is 11.4 Å². The van der Waals surface area contributed by atoms with E-state index in [1.807, 2.05) is 48.5 Å². The minimum absolute atomic E-state index is 0. The third-order valence-corrected chi connectivity index (χ3v) is 4.37. The molecule has 4 nitrogen and oxygen atoms in total. The van der Waals surface area contributed by atoms with Gasteiger partial charge in [0.25, 0.3) is 5.89 Å². The van der Waals surface area contributed by atoms with Crippen LogP contribution in [0.2, 0.25) is 5.02 Å². The number of allylic oxidation sites excluding steroid dienone is 1. The second-order valence-corrected chi connectivity index (χ2v) is 6.69. The van der Waals surface area contributed by atoms with Crippen molar-refractivity contribution in [2.24, 2.45) is 5.73 Å². The fourth-order valence-electron chi connectivity index (χ4n) is 2.63. The summed E-state index contributed by atoms with van der Waals surface area (Å²) in [4.78, 5) is 4.60. The van der Waals surface area contributed by atoms with Crippen LogP contribution in [0.5, 0.6) is 0 Å². The van der Waals surface area contributed by atoms with Crippen molar-refractivity contribution < 1.29 is 4.52 Å². The molecule has 0 unspecified atom stereocenters. The Morgan fingerprint density at radius 3 is 2.44 bits per heavy atom. The van der Waals surface area contributed by atoms with Gasteiger partial charge in [-0.15, -0.1) is 12.4 Å². The van der Waals surface area contributed by atoms with E-state index in [9.17, 15) is 0 Å². The zero-order valence-electron chi connectivity index (χ0n) is 15.2. The number of aromatic nitrogens is 2. The van der Waals surface area contributed by atoms with Gasteiger partial charge in [-0.05, 0) is 56.5 Å². The summed E-state index contributed by atoms with van der Waals surface area (Å²) in [5, 5.41) is 4.86. The van der Waals surface area contributed by atoms with E-state index in [1.54, 1.807) is 0 Å². The molecule has 0 saturated carbocycles. The van der Waals surface area contributed by atoms with Crippen molar-refractivity contribution in [1.82, 2.24) is 10.1 Å². The third-order valence-electron chi connectivity index (χ3n) is 4.12. The minimum atomic E-state index is 0. The summed E-state index contributed by atoms with van der Waals surface area (Å²) in [6.07, 6.45) is 4.82. The van der Waals surface area contributed by atoms with E-state index in [0.29, 0.717) is 23.3 Å². The van der Waals surface area contributed by atoms with Gasteiger partial charge in [0.05, 0.1) is 0 Å². The van der Waals surface area contributed by atoms with Crippen LogP contribution in [0.25, 0.3) is 23.0 Å². The summed E-state index contributed by atoms with van der Waals surface area (Å²) in [6, 6.07) is 15.8. The maximum absolute atomic E-state index is 5.97. The number of halogens is 2. The molecule has 0 fully saturated rings. The van der Waals surface area contributed by atoms with Crippen LogP contribution in [0.3, 0.4) is 0 Å². The average molecular weight is 404 g/mol. The van der Waals surface area contributed by atoms with Crippen molar-refractivity contribution in [3.05, 3.63) is 70.6 Å². The summed E-state index contributed by atoms with van der Waals surface area (Å²) in [6.45, 7) is 2.72. The number of aryl methyl sites for hydroxylation is 1. The second kappa shape index (κ2) is 10.3. The Hall–Kier alpha value is -2.14. The van der Waals surface area contributed by atoms with Crippen LogP contribution in [-0.4, -0.2) is 16.7 Å². The highest BCUT2D eigenvalue weighted by Crippen LogP contribution is 2.26. The number of nitrogens with two attached hydrogens (primary N) is 1. The zero-order valence-corrected chi connectivity index (χ0v) is 16.8. The Labute approximate surface area is 170 Å². The molecule has 0 spiro atoms. The Kier molecular flexibility index (Phi) is 8.04. The van der Waals surface area contributed by atoms with E-state index in [4.69, 9.17) is 21.9 Å². The van der Waals surface area contributed by atoms with E-state index in [2.05, 4.69) is 23.1 Å². The molecular formula is C21H23Cl2N3O. The predicted molar refractivity (Wildman–Crippen MR) is 114 cm³/mol. The fraction of sp³-hybridized carbons (Fsp3) is 0.238. The van der Waals surface area contributed by atoms with Crippen LogP contribution >= 0.6 is 24.0 Å². The molecule has 0 radical (unpaired) electrons. The summed E-state index contributed by atoms with van der Waals surface area (Å²) in [5.41, 5.74) is 9.82. The predicted octanol–water partition coefficient (Wildman–Crippen LogP) is 5.79. The fourth-order valence-corrected chi connectivity index (χ4v) is 2.76. The third kappa shape index (κ3) is 5.93. The molecule has 0 aliphatic carbocycles. The van der Waals surface area contributed by atoms with E-state index in [1.165, 1.54) is 5.56 Å². The highest BCUT2D eigenvalue weighted by Gasteiger charge is 2.13. The smallest absolute Gasteiger partial charge is 0.254 e. The Morgan fingerprint density at radius 1 is 1.07 bits per heavy atom. The zero-order chi connectivity index (χ0) is 18.4. The van der Waals surface area contributed by atoms with Gasteiger partial charge in [0.1, 0.15) is 0 Å². The van der Waals surface area contributed by atoms with Gasteiger partial charge in [-0.2, -0.15) is 4.98 Å². The van der Waals surface area contributed by atoms with Crippen LogP contribution in [0.1, 0.15) is 36.3 Å². The first-order valence-corrected chi connectivity index (χ1v) is 9.11. The lowest BCUT2D eigenvalue weighted by Crippen LogP contribution is -1.98. The lowest BCUT2D eigenvalue weighted by atomic mass is 10.0. The second-order valence-electron chi connectivity index (χ2n) is 6.26. The Morgan fingerprint density at radius 2 is 1.78 bits per heavy atom. The topological polar surface area (TPSA) is 64.9 Å². The number of unbranched alkanes of at least 4 members (excludes halogenated alkanes) is 1. The Bertz CT molecular complexity index is 871. The molecule has 0 amide bonds. The van der Waals surface area contributed by atoms with Gasteiger partial charge < -0.3 is 10.3 Å². The molecule has 3 aromatic rings. The lowest BCUT2D eigenvalue weighted by molar-refractivity contribution is 0.406. The van der Waals surface area contributed by atoms with Gasteiger partial charge in [-0.3, -0.25) is 0 Å². The van der Waals surface area contributed by atoms with E-state index >= 15 is 0 Å². The highest BCUT2D eigenvalue weighted by atomic mass is 35.5. The average Bonchev–Trinajstić information content (AvgIpc) is 3.13. The molecule has 2 aromatic carbocycles. The number of rotatable bonds is 7. The highest BCUT2D eigenvalue weighted by molar-refractivity contribution is 6.30. The van der Waals surface area contributed by atoms with E-state index in [-0.39, 0.29) is 12.4 Å². The minimum Gasteiger partial charge on any atom is -0.334 e. The number of nitrogens with zero attached hydrogens (tertiary/aromatic N) is 2. The molecule has 0 aliphatic rings. The summed E-state index contributed by atoms with van der Waals surface area (Å²) in [5.74, 6) is 1.15. The van der Waals surface area contributed by atoms with Crippen molar-refractivity contribution in [2.75, 3.05) is 6.54 Å². The largest absolute Gasteiger partial charge is 0.334 e. The molecule has 0 saturated heterocycles. The first kappa shape index (κ1) is 21.2. The molecule has 1 aromatic heterocycles. The normalized spacial score (nSPS) is 11.3. The maximum Gasteiger partial charge on any atom is 0.254 e. The lowest BCUT2D eigenvalue weighted by Gasteiger charge is -2.03. The number of hydrogen-bond acceptors (Lipinski definition) is 4. The molecule has 0 aliphatic heterocycles. The molecule has 1 heterocycles. The van der Waals surface area contributed by atoms with E-state index < -0.39 is 0 Å². The summed E-state index contributed by atoms with van der Waals surface area (Å²) >= 11 is 5.97. The molecule has 0 bridgehead atoms. The van der Waals surface area contributed by atoms with Crippen molar-refractivity contribution in [1.29, 1.82) is 0 Å². The Balaban J connectivity index is 0.00000261. The van der Waals surface area contributed by atoms with Gasteiger partial charge in [-0.25, -0.2) is 0 Å². The first-order chi connectivity index (χ1) is 12.7. The van der Waals surface area contributed by atoms with Crippen LogP contribution in [0, 0.1) is 6.92 Å². The van der Waals surface area contributed by atoms with Crippen LogP contribution in [0.4, 0.5) is 0 Å². The van der Waals surface area contributed by atoms with E-state index in [0.717, 1.165) is 36.0 Å². The molecule has 6 heteroatoms.